The van der Waals surface area contributed by atoms with Crippen molar-refractivity contribution >= 4 is 17.7 Å². The third kappa shape index (κ3) is 4.24. The second-order valence-corrected chi connectivity index (χ2v) is 7.53. The summed E-state index contributed by atoms with van der Waals surface area (Å²) in [7, 11) is 2.15. The molecule has 0 aliphatic carbocycles. The molecule has 0 unspecified atom stereocenters. The van der Waals surface area contributed by atoms with Gasteiger partial charge < -0.3 is 19.6 Å². The van der Waals surface area contributed by atoms with Crippen molar-refractivity contribution in [2.75, 3.05) is 69.2 Å². The van der Waals surface area contributed by atoms with E-state index in [1.807, 2.05) is 24.1 Å². The van der Waals surface area contributed by atoms with Gasteiger partial charge in [-0.2, -0.15) is 10.1 Å². The Morgan fingerprint density at radius 1 is 1.00 bits per heavy atom. The molecule has 2 aromatic rings. The highest BCUT2D eigenvalue weighted by atomic mass is 16.2. The molecule has 4 heterocycles. The highest BCUT2D eigenvalue weighted by Crippen LogP contribution is 2.20. The van der Waals surface area contributed by atoms with Gasteiger partial charge in [0.25, 0.3) is 0 Å². The van der Waals surface area contributed by atoms with Crippen molar-refractivity contribution in [2.24, 2.45) is 0 Å². The van der Waals surface area contributed by atoms with E-state index in [1.165, 1.54) is 0 Å². The van der Waals surface area contributed by atoms with Gasteiger partial charge in [-0.25, -0.2) is 4.98 Å². The van der Waals surface area contributed by atoms with Crippen molar-refractivity contribution in [3.05, 3.63) is 30.2 Å². The Labute approximate surface area is 165 Å². The predicted octanol–water partition coefficient (Wildman–Crippen LogP) is 0.0821. The Hall–Kier alpha value is -2.68. The summed E-state index contributed by atoms with van der Waals surface area (Å²) in [5.41, 5.74) is 0.983. The zero-order chi connectivity index (χ0) is 19.5. The van der Waals surface area contributed by atoms with Crippen molar-refractivity contribution in [3.63, 3.8) is 0 Å². The molecule has 9 heteroatoms. The summed E-state index contributed by atoms with van der Waals surface area (Å²) < 4.78 is 1.67. The van der Waals surface area contributed by atoms with Gasteiger partial charge in [0.05, 0.1) is 0 Å². The summed E-state index contributed by atoms with van der Waals surface area (Å²) >= 11 is 0. The van der Waals surface area contributed by atoms with Gasteiger partial charge in [-0.15, -0.1) is 0 Å². The molecule has 0 radical (unpaired) electrons. The van der Waals surface area contributed by atoms with E-state index in [0.717, 1.165) is 56.7 Å². The van der Waals surface area contributed by atoms with Gasteiger partial charge in [-0.1, -0.05) is 0 Å². The standard InChI is InChI=1S/C19H28N8O/c1-16-14-17(24-8-6-23(2)7-9-24)22-19(21-16)26-12-10-25(11-13-26)18(28)15-27-5-3-4-20-27/h3-5,14H,6-13,15H2,1-2H3. The van der Waals surface area contributed by atoms with Crippen LogP contribution in [-0.2, 0) is 11.3 Å². The number of aromatic nitrogens is 4. The van der Waals surface area contributed by atoms with Gasteiger partial charge in [0.2, 0.25) is 11.9 Å². The molecule has 0 spiro atoms. The molecule has 2 saturated heterocycles. The maximum absolute atomic E-state index is 12.5. The molecular formula is C19H28N8O. The highest BCUT2D eigenvalue weighted by molar-refractivity contribution is 5.76. The van der Waals surface area contributed by atoms with Crippen molar-refractivity contribution in [2.45, 2.75) is 13.5 Å². The normalized spacial score (nSPS) is 18.6. The molecule has 2 aliphatic heterocycles. The van der Waals surface area contributed by atoms with Crippen LogP contribution in [0.1, 0.15) is 5.69 Å². The van der Waals surface area contributed by atoms with Crippen LogP contribution in [-0.4, -0.2) is 94.9 Å². The summed E-state index contributed by atoms with van der Waals surface area (Å²) in [5.74, 6) is 1.88. The highest BCUT2D eigenvalue weighted by Gasteiger charge is 2.24. The molecule has 2 fully saturated rings. The fraction of sp³-hybridized carbons (Fsp3) is 0.579. The van der Waals surface area contributed by atoms with E-state index in [1.54, 1.807) is 10.9 Å². The first kappa shape index (κ1) is 18.7. The van der Waals surface area contributed by atoms with Gasteiger partial charge in [-0.3, -0.25) is 9.48 Å². The number of hydrogen-bond acceptors (Lipinski definition) is 7. The van der Waals surface area contributed by atoms with Crippen LogP contribution in [0.3, 0.4) is 0 Å². The van der Waals surface area contributed by atoms with Crippen LogP contribution in [0.15, 0.2) is 24.5 Å². The van der Waals surface area contributed by atoms with Crippen molar-refractivity contribution in [1.29, 1.82) is 0 Å². The summed E-state index contributed by atoms with van der Waals surface area (Å²) in [6.07, 6.45) is 3.51. The average Bonchev–Trinajstić information content (AvgIpc) is 3.21. The number of likely N-dealkylation sites (N-methyl/N-ethyl adjacent to an activating group) is 1. The van der Waals surface area contributed by atoms with Crippen molar-refractivity contribution < 1.29 is 4.79 Å². The van der Waals surface area contributed by atoms with E-state index in [0.29, 0.717) is 19.6 Å². The first-order valence-corrected chi connectivity index (χ1v) is 9.88. The minimum Gasteiger partial charge on any atom is -0.354 e. The maximum atomic E-state index is 12.5. The van der Waals surface area contributed by atoms with Crippen molar-refractivity contribution in [1.82, 2.24) is 29.5 Å². The van der Waals surface area contributed by atoms with E-state index < -0.39 is 0 Å². The minimum atomic E-state index is 0.103. The smallest absolute Gasteiger partial charge is 0.244 e. The number of anilines is 2. The Morgan fingerprint density at radius 2 is 1.71 bits per heavy atom. The first-order valence-electron chi connectivity index (χ1n) is 9.88. The number of piperazine rings is 2. The number of amides is 1. The van der Waals surface area contributed by atoms with Crippen molar-refractivity contribution in [3.8, 4) is 0 Å². The zero-order valence-corrected chi connectivity index (χ0v) is 16.7. The topological polar surface area (TPSA) is 73.6 Å². The van der Waals surface area contributed by atoms with Crippen LogP contribution in [0.5, 0.6) is 0 Å². The lowest BCUT2D eigenvalue weighted by Crippen LogP contribution is -2.50. The maximum Gasteiger partial charge on any atom is 0.244 e. The molecule has 150 valence electrons. The second kappa shape index (κ2) is 8.14. The molecule has 0 aromatic carbocycles. The van der Waals surface area contributed by atoms with E-state index in [-0.39, 0.29) is 5.91 Å². The molecule has 1 amide bonds. The largest absolute Gasteiger partial charge is 0.354 e. The van der Waals surface area contributed by atoms with Gasteiger partial charge in [0.15, 0.2) is 0 Å². The Morgan fingerprint density at radius 3 is 2.39 bits per heavy atom. The van der Waals surface area contributed by atoms with Gasteiger partial charge in [-0.05, 0) is 20.0 Å². The zero-order valence-electron chi connectivity index (χ0n) is 16.7. The van der Waals surface area contributed by atoms with Gasteiger partial charge in [0, 0.05) is 76.5 Å². The lowest BCUT2D eigenvalue weighted by atomic mass is 10.3. The first-order chi connectivity index (χ1) is 13.6. The number of carbonyl (C=O) groups is 1. The number of carbonyl (C=O) groups excluding carboxylic acids is 1. The lowest BCUT2D eigenvalue weighted by Gasteiger charge is -2.36. The fourth-order valence-corrected chi connectivity index (χ4v) is 3.66. The lowest BCUT2D eigenvalue weighted by molar-refractivity contribution is -0.132. The van der Waals surface area contributed by atoms with Crippen LogP contribution in [0, 0.1) is 6.92 Å². The summed E-state index contributed by atoms with van der Waals surface area (Å²) in [6.45, 7) is 9.25. The second-order valence-electron chi connectivity index (χ2n) is 7.53. The number of rotatable bonds is 4. The average molecular weight is 384 g/mol. The summed E-state index contributed by atoms with van der Waals surface area (Å²) in [6, 6.07) is 3.90. The molecule has 2 aliphatic rings. The van der Waals surface area contributed by atoms with Crippen LogP contribution in [0.2, 0.25) is 0 Å². The van der Waals surface area contributed by atoms with Crippen LogP contribution in [0.4, 0.5) is 11.8 Å². The Kier molecular flexibility index (Phi) is 5.43. The number of hydrogen-bond donors (Lipinski definition) is 0. The number of aryl methyl sites for hydroxylation is 1. The predicted molar refractivity (Wildman–Crippen MR) is 107 cm³/mol. The van der Waals surface area contributed by atoms with E-state index >= 15 is 0 Å². The Bertz CT molecular complexity index is 792. The monoisotopic (exact) mass is 384 g/mol. The third-order valence-corrected chi connectivity index (χ3v) is 5.43. The van der Waals surface area contributed by atoms with Crippen LogP contribution < -0.4 is 9.80 Å². The molecule has 0 N–H and O–H groups in total. The molecule has 2 aromatic heterocycles. The SMILES string of the molecule is Cc1cc(N2CCN(C)CC2)nc(N2CCN(C(=O)Cn3cccn3)CC2)n1. The third-order valence-electron chi connectivity index (χ3n) is 5.43. The van der Waals surface area contributed by atoms with Gasteiger partial charge >= 0.3 is 0 Å². The van der Waals surface area contributed by atoms with E-state index in [2.05, 4.69) is 37.9 Å². The van der Waals surface area contributed by atoms with Crippen LogP contribution >= 0.6 is 0 Å². The summed E-state index contributed by atoms with van der Waals surface area (Å²) in [5, 5.41) is 4.11. The van der Waals surface area contributed by atoms with Crippen LogP contribution in [0.25, 0.3) is 0 Å². The minimum absolute atomic E-state index is 0.103. The molecule has 0 saturated carbocycles. The van der Waals surface area contributed by atoms with E-state index in [9.17, 15) is 4.79 Å². The number of nitrogens with zero attached hydrogens (tertiary/aromatic N) is 8. The summed E-state index contributed by atoms with van der Waals surface area (Å²) in [4.78, 5) is 30.7. The molecular weight excluding hydrogens is 356 g/mol. The molecule has 28 heavy (non-hydrogen) atoms. The molecule has 9 nitrogen and oxygen atoms in total. The molecule has 0 atom stereocenters. The Balaban J connectivity index is 1.38. The van der Waals surface area contributed by atoms with E-state index in [4.69, 9.17) is 4.98 Å². The quantitative estimate of drug-likeness (QED) is 0.739. The van der Waals surface area contributed by atoms with Gasteiger partial charge in [0.1, 0.15) is 12.4 Å². The molecule has 4 rings (SSSR count). The fourth-order valence-electron chi connectivity index (χ4n) is 3.66. The molecule has 0 bridgehead atoms.